The molecule has 13 rings (SSSR count). The van der Waals surface area contributed by atoms with E-state index in [1.165, 1.54) is 45.2 Å². The topological polar surface area (TPSA) is 85.7 Å². The molecule has 351 valence electrons. The van der Waals surface area contributed by atoms with Gasteiger partial charge in [-0.1, -0.05) is 182 Å². The van der Waals surface area contributed by atoms with E-state index < -0.39 is 26.6 Å². The van der Waals surface area contributed by atoms with Crippen LogP contribution in [0.2, 0.25) is 0 Å². The Hall–Kier alpha value is -8.95. The van der Waals surface area contributed by atoms with Gasteiger partial charge in [0.1, 0.15) is 0 Å². The molecule has 0 aliphatic carbocycles. The Balaban J connectivity index is 0.000000155. The molecular weight excluding hydrogens is 957 g/mol. The van der Waals surface area contributed by atoms with Crippen molar-refractivity contribution in [3.8, 4) is 55.8 Å². The summed E-state index contributed by atoms with van der Waals surface area (Å²) < 4.78 is 56.2. The smallest absolute Gasteiger partial charge is 0.0971 e. The maximum Gasteiger partial charge on any atom is 0.0971 e. The number of hydrogen-bond acceptors (Lipinski definition) is 6. The van der Waals surface area contributed by atoms with Gasteiger partial charge in [-0.3, -0.25) is 15.0 Å². The second kappa shape index (κ2) is 20.0. The first-order chi connectivity index (χ1) is 35.7. The first kappa shape index (κ1) is 46.4. The first-order valence-corrected chi connectivity index (χ1v) is 24.3. The fourth-order valence-corrected chi connectivity index (χ4v) is 9.61. The molecule has 0 fully saturated rings. The second-order valence-corrected chi connectivity index (χ2v) is 17.5. The molecule has 0 spiro atoms. The van der Waals surface area contributed by atoms with E-state index in [2.05, 4.69) is 168 Å². The molecule has 2 aromatic heterocycles. The molecule has 0 aliphatic rings. The van der Waals surface area contributed by atoms with E-state index >= 15 is 0 Å². The van der Waals surface area contributed by atoms with E-state index in [1.807, 2.05) is 36.4 Å². The summed E-state index contributed by atoms with van der Waals surface area (Å²) in [6, 6.07) is 72.6. The van der Waals surface area contributed by atoms with E-state index in [0.717, 1.165) is 83.3 Å². The molecule has 0 unspecified atom stereocenters. The molecule has 0 saturated carbocycles. The first-order valence-electron chi connectivity index (χ1n) is 23.3. The number of rotatable bonds is 5. The summed E-state index contributed by atoms with van der Waals surface area (Å²) in [5.41, 5.74) is 13.1. The molecule has 10 heteroatoms. The number of halogens is 3. The van der Waals surface area contributed by atoms with Crippen molar-refractivity contribution in [3.05, 3.63) is 243 Å². The Labute approximate surface area is 423 Å². The van der Waals surface area contributed by atoms with Gasteiger partial charge in [0.05, 0.1) is 39.5 Å². The number of benzene rings is 11. The molecule has 0 atom stereocenters. The molecule has 0 bridgehead atoms. The van der Waals surface area contributed by atoms with Crippen LogP contribution in [0.4, 0.5) is 13.2 Å². The van der Waals surface area contributed by atoms with Gasteiger partial charge in [0.2, 0.25) is 0 Å². The predicted molar refractivity (Wildman–Crippen MR) is 283 cm³/mol. The summed E-state index contributed by atoms with van der Waals surface area (Å²) in [6.45, 7) is 0. The zero-order valence-electron chi connectivity index (χ0n) is 38.6. The standard InChI is InChI=1S/C35H21F3N2.C28H18N2.Mn.2O/c36-35(37,38)27-15-11-24(12-16-27)32-21-39-33-28-17-13-25(22-7-3-1-4-8-22)19-30(28)31-20-26(23-9-5-2-6-10-23)14-18-29(31)34(33)40-32;1-3-7-19(8-4-1)21-11-13-23-25(17-21)26-18-22(20-9-5-2-6-10-20)12-14-24(26)28-27(23)29-15-16-30-28;;;/h1-21H;1-18H;;;. The van der Waals surface area contributed by atoms with E-state index in [4.69, 9.17) is 17.6 Å². The normalized spacial score (nSPS) is 11.3. The predicted octanol–water partition coefficient (Wildman–Crippen LogP) is 17.0. The Bertz CT molecular complexity index is 4080. The van der Waals surface area contributed by atoms with Gasteiger partial charge in [0.25, 0.3) is 0 Å². The molecule has 0 amide bonds. The van der Waals surface area contributed by atoms with Gasteiger partial charge in [0, 0.05) is 39.5 Å². The second-order valence-electron chi connectivity index (χ2n) is 17.3. The van der Waals surface area contributed by atoms with Crippen LogP contribution in [0.1, 0.15) is 5.56 Å². The minimum Gasteiger partial charge on any atom is -0.252 e. The third-order valence-corrected chi connectivity index (χ3v) is 13.1. The van der Waals surface area contributed by atoms with Crippen LogP contribution in [0.25, 0.3) is 121 Å². The van der Waals surface area contributed by atoms with Crippen molar-refractivity contribution >= 4 is 65.2 Å². The molecule has 2 heterocycles. The molecule has 0 N–H and O–H groups in total. The van der Waals surface area contributed by atoms with Gasteiger partial charge in [-0.2, -0.15) is 13.2 Å². The molecule has 0 aliphatic heterocycles. The Morgan fingerprint density at radius 2 is 0.616 bits per heavy atom. The van der Waals surface area contributed by atoms with Crippen LogP contribution in [-0.4, -0.2) is 19.9 Å². The van der Waals surface area contributed by atoms with E-state index in [-0.39, 0.29) is 0 Å². The SMILES string of the molecule is FC(F)(F)c1ccc(-c2cnc3c4ccc(-c5ccccc5)cc4c4cc(-c5ccccc5)ccc4c3n2)cc1.[O]=[Mn]=[O].c1ccc(-c2ccc3c(c2)c2cc(-c4ccccc4)ccc2c2nccnc32)cc1. The Morgan fingerprint density at radius 3 is 0.945 bits per heavy atom. The molecule has 6 nitrogen and oxygen atoms in total. The minimum absolute atomic E-state index is 0.523. The number of hydrogen-bond donors (Lipinski definition) is 0. The molecule has 11 aromatic carbocycles. The number of nitrogens with zero attached hydrogens (tertiary/aromatic N) is 4. The van der Waals surface area contributed by atoms with Crippen LogP contribution in [0.5, 0.6) is 0 Å². The average molecular weight is 996 g/mol. The van der Waals surface area contributed by atoms with Crippen molar-refractivity contribution in [2.75, 3.05) is 0 Å². The molecule has 0 radical (unpaired) electrons. The largest absolute Gasteiger partial charge is 0.252 e. The molecule has 13 aromatic rings. The number of aromatic nitrogens is 4. The van der Waals surface area contributed by atoms with Gasteiger partial charge >= 0.3 is 28.7 Å². The summed E-state index contributed by atoms with van der Waals surface area (Å²) >= 11 is -1.44. The Kier molecular flexibility index (Phi) is 12.7. The molecular formula is C63H39F3MnN4O2. The summed E-state index contributed by atoms with van der Waals surface area (Å²) in [5, 5.41) is 8.70. The third kappa shape index (κ3) is 9.29. The van der Waals surface area contributed by atoms with Crippen LogP contribution in [0.3, 0.4) is 0 Å². The minimum atomic E-state index is -4.39. The number of fused-ring (bicyclic) bond motifs is 12. The van der Waals surface area contributed by atoms with Crippen molar-refractivity contribution in [2.45, 2.75) is 6.18 Å². The molecule has 73 heavy (non-hydrogen) atoms. The zero-order chi connectivity index (χ0) is 49.9. The zero-order valence-corrected chi connectivity index (χ0v) is 39.8. The van der Waals surface area contributed by atoms with E-state index in [0.29, 0.717) is 16.8 Å². The van der Waals surface area contributed by atoms with Gasteiger partial charge in [0.15, 0.2) is 0 Å². The Morgan fingerprint density at radius 1 is 0.315 bits per heavy atom. The van der Waals surface area contributed by atoms with Crippen LogP contribution in [-0.2, 0) is 28.7 Å². The van der Waals surface area contributed by atoms with Crippen molar-refractivity contribution < 1.29 is 35.7 Å². The van der Waals surface area contributed by atoms with Crippen LogP contribution in [0, 0.1) is 0 Å². The van der Waals surface area contributed by atoms with Gasteiger partial charge < -0.3 is 0 Å². The maximum absolute atomic E-state index is 13.1. The van der Waals surface area contributed by atoms with Crippen LogP contribution >= 0.6 is 0 Å². The molecule has 0 saturated heterocycles. The van der Waals surface area contributed by atoms with Crippen molar-refractivity contribution in [2.24, 2.45) is 0 Å². The quantitative estimate of drug-likeness (QED) is 0.126. The fourth-order valence-electron chi connectivity index (χ4n) is 9.61. The summed E-state index contributed by atoms with van der Waals surface area (Å²) in [5.74, 6) is 0. The van der Waals surface area contributed by atoms with Crippen LogP contribution in [0.15, 0.2) is 237 Å². The summed E-state index contributed by atoms with van der Waals surface area (Å²) in [6.07, 6.45) is 0.797. The monoisotopic (exact) mass is 995 g/mol. The average Bonchev–Trinajstić information content (AvgIpc) is 3.46. The number of alkyl halides is 3. The third-order valence-electron chi connectivity index (χ3n) is 13.1. The van der Waals surface area contributed by atoms with Crippen LogP contribution < -0.4 is 0 Å². The van der Waals surface area contributed by atoms with Gasteiger partial charge in [-0.15, -0.1) is 0 Å². The van der Waals surface area contributed by atoms with Gasteiger partial charge in [-0.05, 0) is 102 Å². The van der Waals surface area contributed by atoms with E-state index in [9.17, 15) is 13.2 Å². The fraction of sp³-hybridized carbons (Fsp3) is 0.0159. The van der Waals surface area contributed by atoms with Crippen molar-refractivity contribution in [1.82, 2.24) is 19.9 Å². The van der Waals surface area contributed by atoms with E-state index in [1.54, 1.807) is 18.6 Å². The van der Waals surface area contributed by atoms with Gasteiger partial charge in [-0.25, -0.2) is 4.98 Å². The summed E-state index contributed by atoms with van der Waals surface area (Å²) in [4.78, 5) is 19.1. The maximum atomic E-state index is 13.1. The summed E-state index contributed by atoms with van der Waals surface area (Å²) in [7, 11) is 0. The van der Waals surface area contributed by atoms with Crippen molar-refractivity contribution in [1.29, 1.82) is 0 Å². The van der Waals surface area contributed by atoms with Crippen molar-refractivity contribution in [3.63, 3.8) is 0 Å².